The van der Waals surface area contributed by atoms with Crippen LogP contribution in [0.4, 0.5) is 0 Å². The van der Waals surface area contributed by atoms with Crippen LogP contribution in [0.25, 0.3) is 0 Å². The van der Waals surface area contributed by atoms with E-state index in [1.54, 1.807) is 0 Å². The Morgan fingerprint density at radius 3 is 2.36 bits per heavy atom. The molecule has 0 saturated heterocycles. The fourth-order valence-corrected chi connectivity index (χ4v) is 1.16. The van der Waals surface area contributed by atoms with Gasteiger partial charge in [0.25, 0.3) is 0 Å². The summed E-state index contributed by atoms with van der Waals surface area (Å²) in [5, 5.41) is 1.32. The van der Waals surface area contributed by atoms with Crippen molar-refractivity contribution in [3.63, 3.8) is 0 Å². The summed E-state index contributed by atoms with van der Waals surface area (Å²) in [6.07, 6.45) is 0. The minimum atomic E-state index is -0.0897. The summed E-state index contributed by atoms with van der Waals surface area (Å²) in [7, 11) is 1.50. The normalized spacial score (nSPS) is 9.93. The molecular weight excluding hydrogens is 178 g/mol. The summed E-state index contributed by atoms with van der Waals surface area (Å²) in [5.41, 5.74) is 2.27. The molecule has 76 valence electrons. The Hall–Kier alpha value is -1.35. The molecule has 1 aromatic rings. The zero-order chi connectivity index (χ0) is 10.6. The van der Waals surface area contributed by atoms with Gasteiger partial charge in [-0.3, -0.25) is 9.63 Å². The van der Waals surface area contributed by atoms with Gasteiger partial charge in [-0.1, -0.05) is 29.8 Å². The molecule has 0 spiro atoms. The van der Waals surface area contributed by atoms with Crippen molar-refractivity contribution < 1.29 is 9.63 Å². The molecule has 1 rings (SSSR count). The average molecular weight is 193 g/mol. The maximum Gasteiger partial charge on any atom is 0.243 e. The second kappa shape index (κ2) is 4.77. The Morgan fingerprint density at radius 2 is 1.93 bits per heavy atom. The first-order valence-electron chi connectivity index (χ1n) is 4.51. The molecule has 0 saturated carbocycles. The first-order valence-corrected chi connectivity index (χ1v) is 4.51. The number of benzene rings is 1. The minimum absolute atomic E-state index is 0.0897. The molecule has 0 unspecified atom stereocenters. The molecule has 0 bridgehead atoms. The molecule has 0 heterocycles. The molecule has 0 radical (unpaired) electrons. The third-order valence-electron chi connectivity index (χ3n) is 2.02. The number of carbonyl (C=O) groups excluding carboxylic acids is 1. The lowest BCUT2D eigenvalue weighted by molar-refractivity contribution is -0.176. The molecule has 1 amide bonds. The lowest BCUT2D eigenvalue weighted by Crippen LogP contribution is -2.26. The lowest BCUT2D eigenvalue weighted by atomic mass is 10.1. The summed E-state index contributed by atoms with van der Waals surface area (Å²) >= 11 is 0. The molecule has 0 N–H and O–H groups in total. The molecule has 0 aliphatic rings. The van der Waals surface area contributed by atoms with Gasteiger partial charge in [-0.05, 0) is 12.5 Å². The highest BCUT2D eigenvalue weighted by atomic mass is 16.7. The Bertz CT molecular complexity index is 306. The summed E-state index contributed by atoms with van der Waals surface area (Å²) in [4.78, 5) is 16.0. The number of carbonyl (C=O) groups is 1. The van der Waals surface area contributed by atoms with Crippen LogP contribution in [0, 0.1) is 6.92 Å². The standard InChI is InChI=1S/C11H15NO2/c1-9-4-6-11(7-5-9)8-12(14-3)10(2)13/h4-7H,8H2,1-3H3. The van der Waals surface area contributed by atoms with E-state index in [1.807, 2.05) is 31.2 Å². The number of amides is 1. The van der Waals surface area contributed by atoms with Crippen molar-refractivity contribution in [1.29, 1.82) is 0 Å². The van der Waals surface area contributed by atoms with Crippen LogP contribution in [0.15, 0.2) is 24.3 Å². The summed E-state index contributed by atoms with van der Waals surface area (Å²) in [6, 6.07) is 8.02. The first-order chi connectivity index (χ1) is 6.63. The third kappa shape index (κ3) is 2.85. The highest BCUT2D eigenvalue weighted by Crippen LogP contribution is 2.06. The fraction of sp³-hybridized carbons (Fsp3) is 0.364. The van der Waals surface area contributed by atoms with E-state index in [4.69, 9.17) is 4.84 Å². The highest BCUT2D eigenvalue weighted by molar-refractivity contribution is 5.71. The molecule has 0 fully saturated rings. The molecule has 3 nitrogen and oxygen atoms in total. The van der Waals surface area contributed by atoms with Crippen LogP contribution in [0.3, 0.4) is 0 Å². The van der Waals surface area contributed by atoms with Crippen molar-refractivity contribution in [2.45, 2.75) is 20.4 Å². The van der Waals surface area contributed by atoms with Gasteiger partial charge in [-0.2, -0.15) is 0 Å². The van der Waals surface area contributed by atoms with Gasteiger partial charge in [0, 0.05) is 6.92 Å². The van der Waals surface area contributed by atoms with E-state index in [2.05, 4.69) is 0 Å². The van der Waals surface area contributed by atoms with Crippen molar-refractivity contribution in [2.24, 2.45) is 0 Å². The maximum absolute atomic E-state index is 11.0. The van der Waals surface area contributed by atoms with Gasteiger partial charge in [0.1, 0.15) is 0 Å². The van der Waals surface area contributed by atoms with Crippen LogP contribution >= 0.6 is 0 Å². The second-order valence-electron chi connectivity index (χ2n) is 3.22. The number of rotatable bonds is 3. The summed E-state index contributed by atoms with van der Waals surface area (Å²) < 4.78 is 0. The Kier molecular flexibility index (Phi) is 3.65. The molecule has 0 aliphatic carbocycles. The second-order valence-corrected chi connectivity index (χ2v) is 3.22. The number of nitrogens with zero attached hydrogens (tertiary/aromatic N) is 1. The fourth-order valence-electron chi connectivity index (χ4n) is 1.16. The van der Waals surface area contributed by atoms with Crippen LogP contribution in [-0.4, -0.2) is 18.1 Å². The van der Waals surface area contributed by atoms with Crippen LogP contribution in [0.2, 0.25) is 0 Å². The van der Waals surface area contributed by atoms with Crippen molar-refractivity contribution in [2.75, 3.05) is 7.11 Å². The predicted octanol–water partition coefficient (Wildman–Crippen LogP) is 1.90. The summed E-state index contributed by atoms with van der Waals surface area (Å²) in [5.74, 6) is -0.0897. The Labute approximate surface area is 84.2 Å². The van der Waals surface area contributed by atoms with Gasteiger partial charge in [0.2, 0.25) is 5.91 Å². The zero-order valence-corrected chi connectivity index (χ0v) is 8.78. The predicted molar refractivity (Wildman–Crippen MR) is 54.4 cm³/mol. The largest absolute Gasteiger partial charge is 0.274 e. The average Bonchev–Trinajstić information content (AvgIpc) is 2.16. The molecule has 0 aliphatic heterocycles. The van der Waals surface area contributed by atoms with Gasteiger partial charge in [0.15, 0.2) is 0 Å². The van der Waals surface area contributed by atoms with E-state index >= 15 is 0 Å². The lowest BCUT2D eigenvalue weighted by Gasteiger charge is -2.17. The van der Waals surface area contributed by atoms with Crippen LogP contribution in [0.1, 0.15) is 18.1 Å². The van der Waals surface area contributed by atoms with Gasteiger partial charge in [-0.15, -0.1) is 0 Å². The van der Waals surface area contributed by atoms with Gasteiger partial charge in [0.05, 0.1) is 13.7 Å². The SMILES string of the molecule is CON(Cc1ccc(C)cc1)C(C)=O. The number of hydrogen-bond donors (Lipinski definition) is 0. The molecule has 1 aromatic carbocycles. The smallest absolute Gasteiger partial charge is 0.243 e. The van der Waals surface area contributed by atoms with Crippen molar-refractivity contribution in [1.82, 2.24) is 5.06 Å². The highest BCUT2D eigenvalue weighted by Gasteiger charge is 2.07. The molecule has 0 aromatic heterocycles. The van der Waals surface area contributed by atoms with Crippen LogP contribution in [0.5, 0.6) is 0 Å². The van der Waals surface area contributed by atoms with E-state index in [0.717, 1.165) is 5.56 Å². The molecule has 14 heavy (non-hydrogen) atoms. The Morgan fingerprint density at radius 1 is 1.36 bits per heavy atom. The zero-order valence-electron chi connectivity index (χ0n) is 8.78. The molecule has 3 heteroatoms. The van der Waals surface area contributed by atoms with Crippen molar-refractivity contribution in [3.05, 3.63) is 35.4 Å². The maximum atomic E-state index is 11.0. The van der Waals surface area contributed by atoms with E-state index in [1.165, 1.54) is 24.7 Å². The topological polar surface area (TPSA) is 29.5 Å². The van der Waals surface area contributed by atoms with Gasteiger partial charge < -0.3 is 0 Å². The quantitative estimate of drug-likeness (QED) is 0.686. The van der Waals surface area contributed by atoms with Gasteiger partial charge >= 0.3 is 0 Å². The van der Waals surface area contributed by atoms with E-state index in [9.17, 15) is 4.79 Å². The van der Waals surface area contributed by atoms with Gasteiger partial charge in [-0.25, -0.2) is 5.06 Å². The Balaban J connectivity index is 2.67. The van der Waals surface area contributed by atoms with Crippen molar-refractivity contribution >= 4 is 5.91 Å². The molecular formula is C11H15NO2. The van der Waals surface area contributed by atoms with E-state index < -0.39 is 0 Å². The van der Waals surface area contributed by atoms with Crippen LogP contribution in [-0.2, 0) is 16.2 Å². The van der Waals surface area contributed by atoms with Crippen LogP contribution < -0.4 is 0 Å². The van der Waals surface area contributed by atoms with E-state index in [-0.39, 0.29) is 5.91 Å². The minimum Gasteiger partial charge on any atom is -0.274 e. The molecule has 0 atom stereocenters. The monoisotopic (exact) mass is 193 g/mol. The number of hydrogen-bond acceptors (Lipinski definition) is 2. The number of hydroxylamine groups is 2. The van der Waals surface area contributed by atoms with Crippen molar-refractivity contribution in [3.8, 4) is 0 Å². The third-order valence-corrected chi connectivity index (χ3v) is 2.02. The summed E-state index contributed by atoms with van der Waals surface area (Å²) in [6.45, 7) is 4.01. The van der Waals surface area contributed by atoms with E-state index in [0.29, 0.717) is 6.54 Å². The first kappa shape index (κ1) is 10.7. The number of aryl methyl sites for hydroxylation is 1.